The van der Waals surface area contributed by atoms with E-state index in [1.54, 1.807) is 24.2 Å². The number of nitrogens with zero attached hydrogens (tertiary/aromatic N) is 2. The second-order valence-electron chi connectivity index (χ2n) is 9.26. The number of rotatable bonds is 5. The molecular formula is C29H37FN2O2S. The maximum atomic E-state index is 13.8. The predicted molar refractivity (Wildman–Crippen MR) is 146 cm³/mol. The summed E-state index contributed by atoms with van der Waals surface area (Å²) in [5.41, 5.74) is 6.59. The molecule has 35 heavy (non-hydrogen) atoms. The Kier molecular flexibility index (Phi) is 10.3. The van der Waals surface area contributed by atoms with Crippen LogP contribution >= 0.6 is 0 Å². The van der Waals surface area contributed by atoms with Gasteiger partial charge in [-0.3, -0.25) is 14.0 Å². The molecule has 0 amide bonds. The fraction of sp³-hybridized carbons (Fsp3) is 0.379. The molecule has 0 bridgehead atoms. The number of fused-ring (bicyclic) bond motifs is 1. The molecule has 0 radical (unpaired) electrons. The number of hydrogen-bond donors (Lipinski definition) is 0. The summed E-state index contributed by atoms with van der Waals surface area (Å²) in [6.45, 7) is 13.7. The van der Waals surface area contributed by atoms with Crippen LogP contribution in [0.5, 0.6) is 0 Å². The highest BCUT2D eigenvalue weighted by atomic mass is 32.2. The van der Waals surface area contributed by atoms with Gasteiger partial charge in [-0.15, -0.1) is 0 Å². The third-order valence-corrected chi connectivity index (χ3v) is 6.52. The first-order valence-electron chi connectivity index (χ1n) is 11.9. The first kappa shape index (κ1) is 28.4. The molecule has 4 nitrogen and oxygen atoms in total. The van der Waals surface area contributed by atoms with E-state index in [1.165, 1.54) is 19.1 Å². The van der Waals surface area contributed by atoms with E-state index in [0.29, 0.717) is 22.9 Å². The van der Waals surface area contributed by atoms with Gasteiger partial charge < -0.3 is 0 Å². The van der Waals surface area contributed by atoms with Gasteiger partial charge in [0.1, 0.15) is 5.82 Å². The lowest BCUT2D eigenvalue weighted by Gasteiger charge is -2.18. The largest absolute Gasteiger partial charge is 0.295 e. The lowest BCUT2D eigenvalue weighted by Crippen LogP contribution is -2.14. The van der Waals surface area contributed by atoms with Crippen molar-refractivity contribution in [2.24, 2.45) is 11.0 Å². The molecule has 0 aliphatic carbocycles. The highest BCUT2D eigenvalue weighted by Gasteiger charge is 2.25. The van der Waals surface area contributed by atoms with Gasteiger partial charge in [0, 0.05) is 52.1 Å². The Morgan fingerprint density at radius 2 is 1.74 bits per heavy atom. The molecule has 1 unspecified atom stereocenters. The Morgan fingerprint density at radius 3 is 2.29 bits per heavy atom. The van der Waals surface area contributed by atoms with Crippen molar-refractivity contribution < 1.29 is 13.4 Å². The SMILES string of the molecule is C/C=C1\C(=C/C(C)=O)N(C)N=C(c2ccc(F)cc2C)c2ccc(CS(=O)CC)cc21.CC(C)C. The monoisotopic (exact) mass is 496 g/mol. The van der Waals surface area contributed by atoms with Crippen molar-refractivity contribution in [1.82, 2.24) is 5.01 Å². The number of hydrazone groups is 1. The molecule has 6 heteroatoms. The van der Waals surface area contributed by atoms with E-state index < -0.39 is 10.8 Å². The summed E-state index contributed by atoms with van der Waals surface area (Å²) < 4.78 is 25.9. The quantitative estimate of drug-likeness (QED) is 0.436. The molecule has 0 N–H and O–H groups in total. The molecule has 0 aromatic heterocycles. The van der Waals surface area contributed by atoms with E-state index >= 15 is 0 Å². The number of halogens is 1. The topological polar surface area (TPSA) is 49.7 Å². The van der Waals surface area contributed by atoms with Crippen LogP contribution in [0.25, 0.3) is 5.57 Å². The van der Waals surface area contributed by atoms with Crippen LogP contribution in [0.2, 0.25) is 0 Å². The number of allylic oxidation sites excluding steroid dienone is 3. The minimum Gasteiger partial charge on any atom is -0.295 e. The van der Waals surface area contributed by atoms with Gasteiger partial charge in [0.2, 0.25) is 0 Å². The lowest BCUT2D eigenvalue weighted by molar-refractivity contribution is -0.112. The Labute approximate surface area is 212 Å². The lowest BCUT2D eigenvalue weighted by atomic mass is 9.89. The van der Waals surface area contributed by atoms with Crippen LogP contribution in [0.3, 0.4) is 0 Å². The highest BCUT2D eigenvalue weighted by molar-refractivity contribution is 7.84. The predicted octanol–water partition coefficient (Wildman–Crippen LogP) is 6.64. The average molecular weight is 497 g/mol. The number of hydrogen-bond acceptors (Lipinski definition) is 4. The maximum Gasteiger partial charge on any atom is 0.154 e. The average Bonchev–Trinajstić information content (AvgIpc) is 2.87. The maximum absolute atomic E-state index is 13.8. The van der Waals surface area contributed by atoms with Crippen LogP contribution in [-0.4, -0.2) is 33.5 Å². The molecule has 1 atom stereocenters. The summed E-state index contributed by atoms with van der Waals surface area (Å²) in [7, 11) is 0.859. The van der Waals surface area contributed by atoms with Crippen LogP contribution in [0.15, 0.2) is 59.3 Å². The smallest absolute Gasteiger partial charge is 0.154 e. The number of carbonyl (C=O) groups excluding carboxylic acids is 1. The highest BCUT2D eigenvalue weighted by Crippen LogP contribution is 2.35. The summed E-state index contributed by atoms with van der Waals surface area (Å²) in [6.07, 6.45) is 3.53. The number of ketones is 1. The van der Waals surface area contributed by atoms with E-state index in [-0.39, 0.29) is 11.6 Å². The van der Waals surface area contributed by atoms with Crippen molar-refractivity contribution in [3.05, 3.63) is 87.9 Å². The molecule has 0 fully saturated rings. The van der Waals surface area contributed by atoms with Crippen molar-refractivity contribution >= 4 is 27.9 Å². The first-order valence-corrected chi connectivity index (χ1v) is 13.4. The number of aryl methyl sites for hydroxylation is 1. The molecule has 0 saturated carbocycles. The molecule has 188 valence electrons. The van der Waals surface area contributed by atoms with Gasteiger partial charge in [0.05, 0.1) is 11.4 Å². The van der Waals surface area contributed by atoms with E-state index in [9.17, 15) is 13.4 Å². The van der Waals surface area contributed by atoms with Gasteiger partial charge in [0.25, 0.3) is 0 Å². The van der Waals surface area contributed by atoms with Crippen LogP contribution in [0.1, 0.15) is 69.4 Å². The van der Waals surface area contributed by atoms with E-state index in [1.807, 2.05) is 45.0 Å². The van der Waals surface area contributed by atoms with E-state index in [0.717, 1.165) is 39.3 Å². The van der Waals surface area contributed by atoms with E-state index in [4.69, 9.17) is 5.10 Å². The van der Waals surface area contributed by atoms with Gasteiger partial charge in [0.15, 0.2) is 5.78 Å². The van der Waals surface area contributed by atoms with Crippen LogP contribution in [-0.2, 0) is 21.3 Å². The van der Waals surface area contributed by atoms with Gasteiger partial charge in [-0.25, -0.2) is 4.39 Å². The Hall–Kier alpha value is -2.86. The zero-order valence-corrected chi connectivity index (χ0v) is 22.9. The van der Waals surface area contributed by atoms with E-state index in [2.05, 4.69) is 20.8 Å². The van der Waals surface area contributed by atoms with Gasteiger partial charge in [-0.2, -0.15) is 5.10 Å². The molecule has 2 aromatic carbocycles. The molecular weight excluding hydrogens is 459 g/mol. The molecule has 3 rings (SSSR count). The Bertz CT molecular complexity index is 1190. The second-order valence-corrected chi connectivity index (χ2v) is 11.0. The number of benzene rings is 2. The van der Waals surface area contributed by atoms with Gasteiger partial charge in [-0.05, 0) is 67.6 Å². The summed E-state index contributed by atoms with van der Waals surface area (Å²) in [6, 6.07) is 10.6. The van der Waals surface area contributed by atoms with Crippen LogP contribution in [0, 0.1) is 18.7 Å². The summed E-state index contributed by atoms with van der Waals surface area (Å²) >= 11 is 0. The first-order chi connectivity index (χ1) is 16.5. The van der Waals surface area contributed by atoms with Crippen LogP contribution < -0.4 is 0 Å². The zero-order chi connectivity index (χ0) is 26.3. The standard InChI is InChI=1S/C25H27FN2O2S.C4H10/c1-6-20-23-14-18(15-31(30)7-2)8-10-22(23)25(21-11-9-19(26)12-16(21)3)27-28(5)24(20)13-17(4)29;1-4(2)3/h6,8-14H,7,15H2,1-5H3;4H,1-3H3/b20-6-,24-13+;. The van der Waals surface area contributed by atoms with Crippen molar-refractivity contribution in [3.8, 4) is 0 Å². The third-order valence-electron chi connectivity index (χ3n) is 5.23. The van der Waals surface area contributed by atoms with Gasteiger partial charge >= 0.3 is 0 Å². The summed E-state index contributed by atoms with van der Waals surface area (Å²) in [4.78, 5) is 12.0. The number of carbonyl (C=O) groups is 1. The Balaban J connectivity index is 0.00000100. The van der Waals surface area contributed by atoms with Crippen LogP contribution in [0.4, 0.5) is 4.39 Å². The fourth-order valence-corrected chi connectivity index (χ4v) is 4.48. The van der Waals surface area contributed by atoms with Crippen molar-refractivity contribution in [2.75, 3.05) is 12.8 Å². The molecule has 0 saturated heterocycles. The molecule has 1 aliphatic rings. The van der Waals surface area contributed by atoms with Crippen molar-refractivity contribution in [3.63, 3.8) is 0 Å². The van der Waals surface area contributed by atoms with Crippen molar-refractivity contribution in [2.45, 2.75) is 54.2 Å². The minimum absolute atomic E-state index is 0.0809. The second kappa shape index (κ2) is 12.7. The fourth-order valence-electron chi connectivity index (χ4n) is 3.73. The number of likely N-dealkylation sites (N-methyl/N-ethyl adjacent to an activating group) is 1. The Morgan fingerprint density at radius 1 is 1.11 bits per heavy atom. The molecule has 1 heterocycles. The normalized spacial score (nSPS) is 16.4. The van der Waals surface area contributed by atoms with Gasteiger partial charge in [-0.1, -0.05) is 45.9 Å². The third kappa shape index (κ3) is 7.56. The minimum atomic E-state index is -0.943. The summed E-state index contributed by atoms with van der Waals surface area (Å²) in [5, 5.41) is 6.52. The molecule has 1 aliphatic heterocycles. The molecule has 2 aromatic rings. The zero-order valence-electron chi connectivity index (χ0n) is 22.1. The summed E-state index contributed by atoms with van der Waals surface area (Å²) in [5.74, 6) is 1.51. The molecule has 0 spiro atoms. The van der Waals surface area contributed by atoms with Crippen molar-refractivity contribution in [1.29, 1.82) is 0 Å².